The van der Waals surface area contributed by atoms with E-state index in [1.54, 1.807) is 24.1 Å². The number of carbonyl (C=O) groups is 1. The van der Waals surface area contributed by atoms with Gasteiger partial charge in [-0.25, -0.2) is 0 Å². The Kier molecular flexibility index (Phi) is 4.17. The first kappa shape index (κ1) is 14.9. The second-order valence-corrected chi connectivity index (χ2v) is 5.37. The molecule has 110 valence electrons. The molecular weight excluding hydrogens is 262 g/mol. The third kappa shape index (κ3) is 3.16. The van der Waals surface area contributed by atoms with E-state index < -0.39 is 0 Å². The number of hydrogen-bond donors (Lipinski definition) is 1. The van der Waals surface area contributed by atoms with E-state index in [2.05, 4.69) is 0 Å². The minimum Gasteiger partial charge on any atom is -0.399 e. The van der Waals surface area contributed by atoms with Crippen molar-refractivity contribution in [2.75, 3.05) is 36.7 Å². The standard InChI is InChI=1S/C17H21N3O/c1-12-5-8-14(9-6-12)20(4)17(21)15-11-13(18)7-10-16(15)19(2)3/h5-11H,18H2,1-4H3. The summed E-state index contributed by atoms with van der Waals surface area (Å²) in [5.41, 5.74) is 9.90. The second kappa shape index (κ2) is 5.87. The van der Waals surface area contributed by atoms with Gasteiger partial charge in [-0.05, 0) is 37.3 Å². The number of hydrogen-bond acceptors (Lipinski definition) is 3. The van der Waals surface area contributed by atoms with Gasteiger partial charge in [0.25, 0.3) is 5.91 Å². The Bertz CT molecular complexity index is 648. The van der Waals surface area contributed by atoms with Crippen molar-refractivity contribution in [1.29, 1.82) is 0 Å². The normalized spacial score (nSPS) is 10.3. The lowest BCUT2D eigenvalue weighted by Gasteiger charge is -2.22. The highest BCUT2D eigenvalue weighted by Crippen LogP contribution is 2.25. The van der Waals surface area contributed by atoms with Gasteiger partial charge in [0, 0.05) is 38.2 Å². The molecule has 21 heavy (non-hydrogen) atoms. The van der Waals surface area contributed by atoms with Gasteiger partial charge in [0.1, 0.15) is 0 Å². The maximum atomic E-state index is 12.8. The lowest BCUT2D eigenvalue weighted by Crippen LogP contribution is -2.28. The number of nitrogens with two attached hydrogens (primary N) is 1. The fourth-order valence-corrected chi connectivity index (χ4v) is 2.18. The van der Waals surface area contributed by atoms with Crippen LogP contribution in [0.4, 0.5) is 17.1 Å². The summed E-state index contributed by atoms with van der Waals surface area (Å²) >= 11 is 0. The fourth-order valence-electron chi connectivity index (χ4n) is 2.18. The summed E-state index contributed by atoms with van der Waals surface area (Å²) < 4.78 is 0. The van der Waals surface area contributed by atoms with Crippen molar-refractivity contribution >= 4 is 23.0 Å². The molecular formula is C17H21N3O. The Labute approximate surface area is 125 Å². The molecule has 0 saturated carbocycles. The molecule has 0 aliphatic rings. The molecule has 0 heterocycles. The summed E-state index contributed by atoms with van der Waals surface area (Å²) in [6.45, 7) is 2.02. The van der Waals surface area contributed by atoms with Gasteiger partial charge in [0.05, 0.1) is 5.56 Å². The third-order valence-corrected chi connectivity index (χ3v) is 3.46. The van der Waals surface area contributed by atoms with Crippen LogP contribution in [0.5, 0.6) is 0 Å². The van der Waals surface area contributed by atoms with Crippen LogP contribution in [0.1, 0.15) is 15.9 Å². The van der Waals surface area contributed by atoms with Gasteiger partial charge >= 0.3 is 0 Å². The maximum absolute atomic E-state index is 12.8. The maximum Gasteiger partial charge on any atom is 0.260 e. The van der Waals surface area contributed by atoms with Crippen LogP contribution in [0, 0.1) is 6.92 Å². The molecule has 2 N–H and O–H groups in total. The van der Waals surface area contributed by atoms with Crippen LogP contribution >= 0.6 is 0 Å². The number of aryl methyl sites for hydroxylation is 1. The molecule has 0 bridgehead atoms. The van der Waals surface area contributed by atoms with Gasteiger partial charge in [-0.15, -0.1) is 0 Å². The first-order valence-electron chi connectivity index (χ1n) is 6.81. The average Bonchev–Trinajstić information content (AvgIpc) is 2.46. The smallest absolute Gasteiger partial charge is 0.260 e. The van der Waals surface area contributed by atoms with E-state index in [-0.39, 0.29) is 5.91 Å². The summed E-state index contributed by atoms with van der Waals surface area (Å²) in [7, 11) is 5.60. The molecule has 0 atom stereocenters. The van der Waals surface area contributed by atoms with Gasteiger partial charge in [-0.2, -0.15) is 0 Å². The predicted octanol–water partition coefficient (Wildman–Crippen LogP) is 2.92. The SMILES string of the molecule is Cc1ccc(N(C)C(=O)c2cc(N)ccc2N(C)C)cc1. The molecule has 0 fully saturated rings. The van der Waals surface area contributed by atoms with E-state index >= 15 is 0 Å². The fraction of sp³-hybridized carbons (Fsp3) is 0.235. The Morgan fingerprint density at radius 1 is 1.00 bits per heavy atom. The van der Waals surface area contributed by atoms with Crippen LogP contribution in [0.25, 0.3) is 0 Å². The van der Waals surface area contributed by atoms with Crippen molar-refractivity contribution in [2.24, 2.45) is 0 Å². The highest BCUT2D eigenvalue weighted by molar-refractivity contribution is 6.09. The molecule has 0 spiro atoms. The molecule has 0 aromatic heterocycles. The van der Waals surface area contributed by atoms with Crippen LogP contribution < -0.4 is 15.5 Å². The Hall–Kier alpha value is -2.49. The summed E-state index contributed by atoms with van der Waals surface area (Å²) in [6.07, 6.45) is 0. The quantitative estimate of drug-likeness (QED) is 0.881. The monoisotopic (exact) mass is 283 g/mol. The second-order valence-electron chi connectivity index (χ2n) is 5.37. The molecule has 2 rings (SSSR count). The summed E-state index contributed by atoms with van der Waals surface area (Å²) in [4.78, 5) is 16.3. The van der Waals surface area contributed by atoms with Gasteiger partial charge in [-0.1, -0.05) is 17.7 Å². The highest BCUT2D eigenvalue weighted by Gasteiger charge is 2.18. The van der Waals surface area contributed by atoms with Gasteiger partial charge in [-0.3, -0.25) is 4.79 Å². The van der Waals surface area contributed by atoms with Crippen molar-refractivity contribution in [3.8, 4) is 0 Å². The number of anilines is 3. The van der Waals surface area contributed by atoms with Crippen molar-refractivity contribution in [2.45, 2.75) is 6.92 Å². The average molecular weight is 283 g/mol. The van der Waals surface area contributed by atoms with Crippen molar-refractivity contribution < 1.29 is 4.79 Å². The number of nitrogens with zero attached hydrogens (tertiary/aromatic N) is 2. The molecule has 2 aromatic carbocycles. The topological polar surface area (TPSA) is 49.6 Å². The molecule has 0 aliphatic heterocycles. The van der Waals surface area contributed by atoms with Crippen LogP contribution in [-0.4, -0.2) is 27.1 Å². The summed E-state index contributed by atoms with van der Waals surface area (Å²) in [5.74, 6) is -0.0742. The van der Waals surface area contributed by atoms with Crippen molar-refractivity contribution in [3.63, 3.8) is 0 Å². The lowest BCUT2D eigenvalue weighted by molar-refractivity contribution is 0.0993. The van der Waals surface area contributed by atoms with Crippen molar-refractivity contribution in [3.05, 3.63) is 53.6 Å². The Morgan fingerprint density at radius 3 is 2.19 bits per heavy atom. The minimum absolute atomic E-state index is 0.0742. The van der Waals surface area contributed by atoms with E-state index in [1.165, 1.54) is 0 Å². The Balaban J connectivity index is 2.39. The summed E-state index contributed by atoms with van der Waals surface area (Å²) in [6, 6.07) is 13.3. The highest BCUT2D eigenvalue weighted by atomic mass is 16.2. The zero-order valence-electron chi connectivity index (χ0n) is 12.9. The van der Waals surface area contributed by atoms with Crippen LogP contribution in [0.15, 0.2) is 42.5 Å². The molecule has 4 heteroatoms. The lowest BCUT2D eigenvalue weighted by atomic mass is 10.1. The minimum atomic E-state index is -0.0742. The van der Waals surface area contributed by atoms with E-state index in [0.29, 0.717) is 11.3 Å². The van der Waals surface area contributed by atoms with Gasteiger partial charge < -0.3 is 15.5 Å². The molecule has 0 aliphatic carbocycles. The summed E-state index contributed by atoms with van der Waals surface area (Å²) in [5, 5.41) is 0. The molecule has 0 radical (unpaired) electrons. The number of rotatable bonds is 3. The molecule has 4 nitrogen and oxygen atoms in total. The zero-order valence-corrected chi connectivity index (χ0v) is 12.9. The molecule has 0 unspecified atom stereocenters. The third-order valence-electron chi connectivity index (χ3n) is 3.46. The van der Waals surface area contributed by atoms with Crippen LogP contribution in [-0.2, 0) is 0 Å². The molecule has 1 amide bonds. The number of benzene rings is 2. The van der Waals surface area contributed by atoms with Crippen LogP contribution in [0.3, 0.4) is 0 Å². The number of carbonyl (C=O) groups excluding carboxylic acids is 1. The first-order valence-corrected chi connectivity index (χ1v) is 6.81. The number of amides is 1. The van der Waals surface area contributed by atoms with E-state index in [4.69, 9.17) is 5.73 Å². The van der Waals surface area contributed by atoms with E-state index in [1.807, 2.05) is 56.3 Å². The van der Waals surface area contributed by atoms with Gasteiger partial charge in [0.2, 0.25) is 0 Å². The molecule has 0 saturated heterocycles. The Morgan fingerprint density at radius 2 is 1.62 bits per heavy atom. The predicted molar refractivity (Wildman–Crippen MR) is 89.1 cm³/mol. The van der Waals surface area contributed by atoms with Crippen LogP contribution in [0.2, 0.25) is 0 Å². The van der Waals surface area contributed by atoms with E-state index in [9.17, 15) is 4.79 Å². The first-order chi connectivity index (χ1) is 9.90. The van der Waals surface area contributed by atoms with Gasteiger partial charge in [0.15, 0.2) is 0 Å². The zero-order chi connectivity index (χ0) is 15.6. The molecule has 2 aromatic rings. The van der Waals surface area contributed by atoms with E-state index in [0.717, 1.165) is 16.9 Å². The van der Waals surface area contributed by atoms with Crippen molar-refractivity contribution in [1.82, 2.24) is 0 Å². The largest absolute Gasteiger partial charge is 0.399 e. The number of nitrogen functional groups attached to an aromatic ring is 1.